The zero-order valence-electron chi connectivity index (χ0n) is 12.4. The standard InChI is InChI=1S/C15H21N3O2S/c1-9(2)13(20)14-12(17)11(6-16)15(21-14)18-5-3-4-10(7-18)8-19/h9-10,19H,3-5,7-8,17H2,1-2H3. The highest BCUT2D eigenvalue weighted by Crippen LogP contribution is 2.40. The lowest BCUT2D eigenvalue weighted by molar-refractivity contribution is 0.0944. The Morgan fingerprint density at radius 2 is 2.33 bits per heavy atom. The van der Waals surface area contributed by atoms with Crippen LogP contribution in [0, 0.1) is 23.2 Å². The Hall–Kier alpha value is -1.58. The SMILES string of the molecule is CC(C)C(=O)c1sc(N2CCCC(CO)C2)c(C#N)c1N. The van der Waals surface area contributed by atoms with Crippen LogP contribution >= 0.6 is 11.3 Å². The van der Waals surface area contributed by atoms with Gasteiger partial charge in [0.15, 0.2) is 5.78 Å². The summed E-state index contributed by atoms with van der Waals surface area (Å²) in [6.07, 6.45) is 1.97. The van der Waals surface area contributed by atoms with Crippen molar-refractivity contribution in [2.24, 2.45) is 11.8 Å². The van der Waals surface area contributed by atoms with Crippen LogP contribution < -0.4 is 10.6 Å². The first-order valence-electron chi connectivity index (χ1n) is 7.22. The number of nitrogen functional groups attached to an aromatic ring is 1. The van der Waals surface area contributed by atoms with Crippen LogP contribution in [-0.4, -0.2) is 30.6 Å². The molecule has 5 nitrogen and oxygen atoms in total. The molecule has 0 amide bonds. The minimum Gasteiger partial charge on any atom is -0.396 e. The predicted octanol–water partition coefficient (Wildman–Crippen LogP) is 2.25. The number of ketones is 1. The van der Waals surface area contributed by atoms with Gasteiger partial charge in [0.2, 0.25) is 0 Å². The number of piperidine rings is 1. The molecule has 0 aliphatic carbocycles. The summed E-state index contributed by atoms with van der Waals surface area (Å²) in [6, 6.07) is 2.14. The second kappa shape index (κ2) is 6.46. The maximum Gasteiger partial charge on any atom is 0.177 e. The van der Waals surface area contributed by atoms with Gasteiger partial charge in [-0.15, -0.1) is 11.3 Å². The molecule has 1 aromatic rings. The Kier molecular flexibility index (Phi) is 4.86. The van der Waals surface area contributed by atoms with E-state index in [1.54, 1.807) is 0 Å². The average molecular weight is 307 g/mol. The molecule has 3 N–H and O–H groups in total. The van der Waals surface area contributed by atoms with Crippen molar-refractivity contribution in [3.05, 3.63) is 10.4 Å². The highest BCUT2D eigenvalue weighted by molar-refractivity contribution is 7.19. The Labute approximate surface area is 129 Å². The molecule has 1 aliphatic heterocycles. The van der Waals surface area contributed by atoms with Crippen LogP contribution in [0.4, 0.5) is 10.7 Å². The summed E-state index contributed by atoms with van der Waals surface area (Å²) < 4.78 is 0. The van der Waals surface area contributed by atoms with E-state index in [2.05, 4.69) is 11.0 Å². The van der Waals surface area contributed by atoms with E-state index in [-0.39, 0.29) is 24.2 Å². The maximum absolute atomic E-state index is 12.2. The number of carbonyl (C=O) groups is 1. The van der Waals surface area contributed by atoms with E-state index in [9.17, 15) is 15.2 Å². The highest BCUT2D eigenvalue weighted by Gasteiger charge is 2.28. The fourth-order valence-corrected chi connectivity index (χ4v) is 3.90. The molecule has 21 heavy (non-hydrogen) atoms. The van der Waals surface area contributed by atoms with Gasteiger partial charge in [0.1, 0.15) is 16.6 Å². The molecule has 114 valence electrons. The van der Waals surface area contributed by atoms with Gasteiger partial charge in [-0.1, -0.05) is 13.8 Å². The molecule has 2 heterocycles. The molecule has 0 saturated carbocycles. The lowest BCUT2D eigenvalue weighted by Gasteiger charge is -2.32. The van der Waals surface area contributed by atoms with Gasteiger partial charge in [0.25, 0.3) is 0 Å². The smallest absolute Gasteiger partial charge is 0.177 e. The zero-order valence-corrected chi connectivity index (χ0v) is 13.2. The molecule has 1 aromatic heterocycles. The zero-order chi connectivity index (χ0) is 15.6. The molecule has 0 aromatic carbocycles. The predicted molar refractivity (Wildman–Crippen MR) is 84.6 cm³/mol. The van der Waals surface area contributed by atoms with Crippen molar-refractivity contribution in [3.63, 3.8) is 0 Å². The number of Topliss-reactive ketones (excluding diaryl/α,β-unsaturated/α-hetero) is 1. The molecule has 2 rings (SSSR count). The number of aliphatic hydroxyl groups excluding tert-OH is 1. The highest BCUT2D eigenvalue weighted by atomic mass is 32.1. The van der Waals surface area contributed by atoms with Crippen LogP contribution in [0.15, 0.2) is 0 Å². The summed E-state index contributed by atoms with van der Waals surface area (Å²) in [5, 5.41) is 19.5. The Morgan fingerprint density at radius 3 is 2.90 bits per heavy atom. The van der Waals surface area contributed by atoms with Gasteiger partial charge >= 0.3 is 0 Å². The molecular weight excluding hydrogens is 286 g/mol. The number of hydrogen-bond donors (Lipinski definition) is 2. The van der Waals surface area contributed by atoms with Crippen LogP contribution in [0.3, 0.4) is 0 Å². The number of aliphatic hydroxyl groups is 1. The van der Waals surface area contributed by atoms with Crippen molar-refractivity contribution in [3.8, 4) is 6.07 Å². The van der Waals surface area contributed by atoms with Crippen molar-refractivity contribution in [2.75, 3.05) is 30.3 Å². The van der Waals surface area contributed by atoms with Crippen LogP contribution in [0.2, 0.25) is 0 Å². The van der Waals surface area contributed by atoms with Crippen molar-refractivity contribution >= 4 is 27.8 Å². The van der Waals surface area contributed by atoms with Crippen molar-refractivity contribution < 1.29 is 9.90 Å². The molecule has 1 aliphatic rings. The van der Waals surface area contributed by atoms with Gasteiger partial charge in [-0.25, -0.2) is 0 Å². The first kappa shape index (κ1) is 15.8. The number of anilines is 2. The first-order valence-corrected chi connectivity index (χ1v) is 8.03. The number of nitrogens with zero attached hydrogens (tertiary/aromatic N) is 2. The van der Waals surface area contributed by atoms with E-state index in [0.717, 1.165) is 24.4 Å². The largest absolute Gasteiger partial charge is 0.396 e. The number of hydrogen-bond acceptors (Lipinski definition) is 6. The van der Waals surface area contributed by atoms with Crippen LogP contribution in [0.1, 0.15) is 41.9 Å². The molecule has 1 saturated heterocycles. The molecule has 1 unspecified atom stereocenters. The van der Waals surface area contributed by atoms with Crippen molar-refractivity contribution in [2.45, 2.75) is 26.7 Å². The quantitative estimate of drug-likeness (QED) is 0.833. The van der Waals surface area contributed by atoms with E-state index < -0.39 is 0 Å². The fraction of sp³-hybridized carbons (Fsp3) is 0.600. The fourth-order valence-electron chi connectivity index (χ4n) is 2.61. The third-order valence-electron chi connectivity index (χ3n) is 3.85. The average Bonchev–Trinajstić information content (AvgIpc) is 2.83. The monoisotopic (exact) mass is 307 g/mol. The summed E-state index contributed by atoms with van der Waals surface area (Å²) in [5.41, 5.74) is 6.73. The van der Waals surface area contributed by atoms with Gasteiger partial charge < -0.3 is 15.7 Å². The number of thiophene rings is 1. The van der Waals surface area contributed by atoms with Crippen molar-refractivity contribution in [1.29, 1.82) is 5.26 Å². The summed E-state index contributed by atoms with van der Waals surface area (Å²) in [7, 11) is 0. The van der Waals surface area contributed by atoms with Gasteiger partial charge in [-0.3, -0.25) is 4.79 Å². The maximum atomic E-state index is 12.2. The normalized spacial score (nSPS) is 18.8. The van der Waals surface area contributed by atoms with E-state index in [4.69, 9.17) is 5.73 Å². The topological polar surface area (TPSA) is 90.4 Å². The Morgan fingerprint density at radius 1 is 1.62 bits per heavy atom. The number of nitriles is 1. The Balaban J connectivity index is 2.38. The molecule has 0 radical (unpaired) electrons. The molecular formula is C15H21N3O2S. The summed E-state index contributed by atoms with van der Waals surface area (Å²) in [5.74, 6) is 0.0609. The van der Waals surface area contributed by atoms with Crippen molar-refractivity contribution in [1.82, 2.24) is 0 Å². The first-order chi connectivity index (χ1) is 9.99. The summed E-state index contributed by atoms with van der Waals surface area (Å²) >= 11 is 1.31. The van der Waals surface area contributed by atoms with E-state index in [1.807, 2.05) is 13.8 Å². The van der Waals surface area contributed by atoms with Gasteiger partial charge in [0, 0.05) is 25.6 Å². The van der Waals surface area contributed by atoms with Crippen LogP contribution in [-0.2, 0) is 0 Å². The van der Waals surface area contributed by atoms with E-state index >= 15 is 0 Å². The molecule has 6 heteroatoms. The molecule has 1 atom stereocenters. The minimum atomic E-state index is -0.142. The van der Waals surface area contributed by atoms with Gasteiger partial charge in [-0.2, -0.15) is 5.26 Å². The lowest BCUT2D eigenvalue weighted by atomic mass is 9.99. The second-order valence-electron chi connectivity index (χ2n) is 5.79. The molecule has 1 fully saturated rings. The third kappa shape index (κ3) is 3.04. The number of nitrogens with two attached hydrogens (primary N) is 1. The molecule has 0 bridgehead atoms. The number of rotatable bonds is 4. The lowest BCUT2D eigenvalue weighted by Crippen LogP contribution is -2.36. The Bertz CT molecular complexity index is 574. The van der Waals surface area contributed by atoms with E-state index in [0.29, 0.717) is 22.7 Å². The van der Waals surface area contributed by atoms with Crippen LogP contribution in [0.25, 0.3) is 0 Å². The summed E-state index contributed by atoms with van der Waals surface area (Å²) in [6.45, 7) is 5.35. The van der Waals surface area contributed by atoms with Gasteiger partial charge in [-0.05, 0) is 18.8 Å². The van der Waals surface area contributed by atoms with Crippen LogP contribution in [0.5, 0.6) is 0 Å². The summed E-state index contributed by atoms with van der Waals surface area (Å²) in [4.78, 5) is 14.8. The third-order valence-corrected chi connectivity index (χ3v) is 5.13. The second-order valence-corrected chi connectivity index (χ2v) is 6.79. The minimum absolute atomic E-state index is 0.0176. The van der Waals surface area contributed by atoms with Gasteiger partial charge in [0.05, 0.1) is 10.6 Å². The van der Waals surface area contributed by atoms with E-state index in [1.165, 1.54) is 11.3 Å². The number of carbonyl (C=O) groups excluding carboxylic acids is 1. The molecule has 0 spiro atoms.